The highest BCUT2D eigenvalue weighted by atomic mass is 35.5. The van der Waals surface area contributed by atoms with Crippen molar-refractivity contribution in [1.82, 2.24) is 4.90 Å². The Balaban J connectivity index is 2.55. The molecule has 0 aliphatic heterocycles. The lowest BCUT2D eigenvalue weighted by atomic mass is 9.76. The van der Waals surface area contributed by atoms with Crippen LogP contribution in [-0.4, -0.2) is 30.6 Å². The van der Waals surface area contributed by atoms with E-state index < -0.39 is 11.4 Å². The molecule has 4 heteroatoms. The first-order valence-corrected chi connectivity index (χ1v) is 8.69. The predicted molar refractivity (Wildman–Crippen MR) is 103 cm³/mol. The predicted octanol–water partition coefficient (Wildman–Crippen LogP) is 4.97. The molecule has 0 aliphatic carbocycles. The molecule has 2 unspecified atom stereocenters. The molecule has 0 aliphatic rings. The van der Waals surface area contributed by atoms with E-state index in [0.717, 1.165) is 11.1 Å². The molecule has 0 bridgehead atoms. The zero-order chi connectivity index (χ0) is 18.6. The van der Waals surface area contributed by atoms with Crippen molar-refractivity contribution in [3.63, 3.8) is 0 Å². The number of hydrogen-bond acceptors (Lipinski definition) is 2. The Labute approximate surface area is 154 Å². The van der Waals surface area contributed by atoms with Crippen molar-refractivity contribution >= 4 is 17.7 Å². The van der Waals surface area contributed by atoms with Gasteiger partial charge in [-0.05, 0) is 49.9 Å². The Kier molecular flexibility index (Phi) is 6.39. The van der Waals surface area contributed by atoms with Gasteiger partial charge in [0.15, 0.2) is 0 Å². The number of aliphatic hydroxyl groups is 1. The first-order valence-electron chi connectivity index (χ1n) is 8.31. The maximum atomic E-state index is 13.6. The molecule has 2 aromatic rings. The Morgan fingerprint density at radius 2 is 1.88 bits per heavy atom. The fourth-order valence-electron chi connectivity index (χ4n) is 3.22. The summed E-state index contributed by atoms with van der Waals surface area (Å²) in [5.41, 5.74) is 1.13. The van der Waals surface area contributed by atoms with Crippen LogP contribution in [0.5, 0.6) is 0 Å². The molecular formula is C21H25ClFNO. The molecule has 0 heterocycles. The molecule has 0 saturated carbocycles. The zero-order valence-electron chi connectivity index (χ0n) is 15.1. The molecule has 0 amide bonds. The monoisotopic (exact) mass is 361 g/mol. The summed E-state index contributed by atoms with van der Waals surface area (Å²) in [6.07, 6.45) is 1.96. The second-order valence-electron chi connectivity index (χ2n) is 6.80. The highest BCUT2D eigenvalue weighted by molar-refractivity contribution is 6.30. The van der Waals surface area contributed by atoms with Gasteiger partial charge in [-0.1, -0.05) is 61.0 Å². The molecule has 1 N–H and O–H groups in total. The van der Waals surface area contributed by atoms with Crippen LogP contribution < -0.4 is 0 Å². The summed E-state index contributed by atoms with van der Waals surface area (Å²) in [6.45, 7) is 4.56. The Morgan fingerprint density at radius 3 is 2.44 bits per heavy atom. The van der Waals surface area contributed by atoms with Crippen molar-refractivity contribution in [3.8, 4) is 0 Å². The van der Waals surface area contributed by atoms with Crippen molar-refractivity contribution in [2.45, 2.75) is 19.4 Å². The molecule has 0 fully saturated rings. The van der Waals surface area contributed by atoms with E-state index in [0.29, 0.717) is 12.1 Å². The molecule has 2 nitrogen and oxygen atoms in total. The van der Waals surface area contributed by atoms with Gasteiger partial charge in [-0.3, -0.25) is 0 Å². The van der Waals surface area contributed by atoms with Crippen LogP contribution >= 0.6 is 11.6 Å². The van der Waals surface area contributed by atoms with Gasteiger partial charge in [0.1, 0.15) is 11.4 Å². The minimum Gasteiger partial charge on any atom is -0.380 e. The van der Waals surface area contributed by atoms with Crippen LogP contribution in [0.4, 0.5) is 4.39 Å². The van der Waals surface area contributed by atoms with Crippen LogP contribution in [0.1, 0.15) is 25.0 Å². The number of nitrogens with zero attached hydrogens (tertiary/aromatic N) is 1. The molecule has 0 aromatic heterocycles. The summed E-state index contributed by atoms with van der Waals surface area (Å²) in [5, 5.41) is 11.7. The van der Waals surface area contributed by atoms with Crippen LogP contribution in [0, 0.1) is 11.7 Å². The Bertz CT molecular complexity index is 745. The average molecular weight is 362 g/mol. The topological polar surface area (TPSA) is 23.5 Å². The van der Waals surface area contributed by atoms with Crippen molar-refractivity contribution in [2.24, 2.45) is 5.92 Å². The van der Waals surface area contributed by atoms with E-state index in [4.69, 9.17) is 11.6 Å². The fourth-order valence-corrected chi connectivity index (χ4v) is 3.40. The molecule has 2 atom stereocenters. The van der Waals surface area contributed by atoms with E-state index >= 15 is 0 Å². The second kappa shape index (κ2) is 8.13. The maximum absolute atomic E-state index is 13.6. The first-order chi connectivity index (χ1) is 11.7. The van der Waals surface area contributed by atoms with Crippen LogP contribution in [0.25, 0.3) is 6.08 Å². The Hall–Kier alpha value is -1.68. The lowest BCUT2D eigenvalue weighted by Crippen LogP contribution is -2.40. The Morgan fingerprint density at radius 1 is 1.24 bits per heavy atom. The summed E-state index contributed by atoms with van der Waals surface area (Å²) in [7, 11) is 3.93. The van der Waals surface area contributed by atoms with Gasteiger partial charge >= 0.3 is 0 Å². The van der Waals surface area contributed by atoms with Crippen molar-refractivity contribution in [2.75, 3.05) is 20.6 Å². The lowest BCUT2D eigenvalue weighted by Gasteiger charge is -2.37. The number of halogens is 2. The van der Waals surface area contributed by atoms with Gasteiger partial charge in [-0.25, -0.2) is 4.39 Å². The molecular weight excluding hydrogens is 337 g/mol. The maximum Gasteiger partial charge on any atom is 0.141 e. The molecule has 0 saturated heterocycles. The number of hydrogen-bond donors (Lipinski definition) is 1. The molecule has 25 heavy (non-hydrogen) atoms. The van der Waals surface area contributed by atoms with Crippen LogP contribution in [0.2, 0.25) is 5.02 Å². The standard InChI is InChI=1S/C21H25ClFNO/c1-15(12-17-8-6-5-7-9-17)21(25,16(2)14-24(3)4)18-10-11-20(23)19(22)13-18/h5-13,16,25H,14H2,1-4H3/b15-12-. The van der Waals surface area contributed by atoms with Gasteiger partial charge in [-0.15, -0.1) is 0 Å². The van der Waals surface area contributed by atoms with Gasteiger partial charge in [0.05, 0.1) is 5.02 Å². The van der Waals surface area contributed by atoms with Gasteiger partial charge < -0.3 is 10.0 Å². The summed E-state index contributed by atoms with van der Waals surface area (Å²) in [6, 6.07) is 14.3. The highest BCUT2D eigenvalue weighted by Crippen LogP contribution is 2.39. The molecule has 134 valence electrons. The largest absolute Gasteiger partial charge is 0.380 e. The molecule has 2 rings (SSSR count). The van der Waals surface area contributed by atoms with Gasteiger partial charge in [-0.2, -0.15) is 0 Å². The first kappa shape index (κ1) is 19.6. The summed E-state index contributed by atoms with van der Waals surface area (Å²) < 4.78 is 13.6. The van der Waals surface area contributed by atoms with E-state index in [2.05, 4.69) is 0 Å². The zero-order valence-corrected chi connectivity index (χ0v) is 15.9. The van der Waals surface area contributed by atoms with Gasteiger partial charge in [0.2, 0.25) is 0 Å². The van der Waals surface area contributed by atoms with E-state index in [1.54, 1.807) is 6.07 Å². The summed E-state index contributed by atoms with van der Waals surface area (Å²) in [5.74, 6) is -0.610. The highest BCUT2D eigenvalue weighted by Gasteiger charge is 2.38. The molecule has 0 radical (unpaired) electrons. The number of rotatable bonds is 6. The third kappa shape index (κ3) is 4.49. The lowest BCUT2D eigenvalue weighted by molar-refractivity contribution is 0.0105. The average Bonchev–Trinajstić information content (AvgIpc) is 2.56. The van der Waals surface area contributed by atoms with Crippen molar-refractivity contribution < 1.29 is 9.50 Å². The van der Waals surface area contributed by atoms with Crippen molar-refractivity contribution in [3.05, 3.63) is 76.1 Å². The smallest absolute Gasteiger partial charge is 0.141 e. The number of benzene rings is 2. The fraction of sp³-hybridized carbons (Fsp3) is 0.333. The summed E-state index contributed by atoms with van der Waals surface area (Å²) in [4.78, 5) is 2.02. The SMILES string of the molecule is C/C(=C/c1ccccc1)C(O)(c1ccc(F)c(Cl)c1)C(C)CN(C)C. The van der Waals surface area contributed by atoms with Gasteiger partial charge in [0, 0.05) is 12.5 Å². The van der Waals surface area contributed by atoms with E-state index in [-0.39, 0.29) is 10.9 Å². The van der Waals surface area contributed by atoms with Crippen molar-refractivity contribution in [1.29, 1.82) is 0 Å². The van der Waals surface area contributed by atoms with Crippen LogP contribution in [0.15, 0.2) is 54.1 Å². The third-order valence-corrected chi connectivity index (χ3v) is 4.79. The normalized spacial score (nSPS) is 15.9. The van der Waals surface area contributed by atoms with E-state index in [1.807, 2.05) is 69.3 Å². The third-order valence-electron chi connectivity index (χ3n) is 4.50. The van der Waals surface area contributed by atoms with Gasteiger partial charge in [0.25, 0.3) is 0 Å². The van der Waals surface area contributed by atoms with E-state index in [1.165, 1.54) is 12.1 Å². The quantitative estimate of drug-likeness (QED) is 0.785. The summed E-state index contributed by atoms with van der Waals surface area (Å²) >= 11 is 5.98. The minimum atomic E-state index is -1.25. The van der Waals surface area contributed by atoms with Crippen LogP contribution in [-0.2, 0) is 5.60 Å². The second-order valence-corrected chi connectivity index (χ2v) is 7.20. The van der Waals surface area contributed by atoms with Crippen LogP contribution in [0.3, 0.4) is 0 Å². The van der Waals surface area contributed by atoms with E-state index in [9.17, 15) is 9.50 Å². The minimum absolute atomic E-state index is 0.0143. The molecule has 2 aromatic carbocycles. The molecule has 0 spiro atoms.